The van der Waals surface area contributed by atoms with Crippen LogP contribution in [0.5, 0.6) is 0 Å². The van der Waals surface area contributed by atoms with Crippen LogP contribution >= 0.6 is 7.05 Å². The number of carbonyl (C=O) groups excluding carboxylic acids is 1. The van der Waals surface area contributed by atoms with E-state index in [1.807, 2.05) is 60.7 Å². The predicted octanol–water partition coefficient (Wildman–Crippen LogP) is 3.62. The van der Waals surface area contributed by atoms with Gasteiger partial charge < -0.3 is 4.74 Å². The van der Waals surface area contributed by atoms with Gasteiger partial charge in [-0.05, 0) is 16.8 Å². The number of hydrogen-bond acceptors (Lipinski definition) is 2. The molecule has 0 aliphatic rings. The van der Waals surface area contributed by atoms with Crippen molar-refractivity contribution in [2.45, 2.75) is 6.92 Å². The van der Waals surface area contributed by atoms with E-state index in [4.69, 9.17) is 4.74 Å². The normalized spacial score (nSPS) is 10.9. The van der Waals surface area contributed by atoms with E-state index in [2.05, 4.69) is 11.7 Å². The smallest absolute Gasteiger partial charge is 0.432 e. The lowest BCUT2D eigenvalue weighted by Gasteiger charge is -2.23. The lowest BCUT2D eigenvalue weighted by Crippen LogP contribution is -2.19. The van der Waals surface area contributed by atoms with Crippen LogP contribution in [0.2, 0.25) is 0 Å². The summed E-state index contributed by atoms with van der Waals surface area (Å²) < 4.78 is 9.21. The molecule has 1 amide bonds. The Bertz CT molecular complexity index is 580. The Labute approximate surface area is 119 Å². The predicted molar refractivity (Wildman–Crippen MR) is 84.4 cm³/mol. The van der Waals surface area contributed by atoms with Crippen molar-refractivity contribution < 1.29 is 9.53 Å². The number of amides is 1. The molecule has 20 heavy (non-hydrogen) atoms. The summed E-state index contributed by atoms with van der Waals surface area (Å²) in [5, 5.41) is 2.19. The van der Waals surface area contributed by atoms with Gasteiger partial charge in [-0.15, -0.1) is 0 Å². The molecule has 2 aromatic carbocycles. The fourth-order valence-corrected chi connectivity index (χ4v) is 5.32. The SMILES string of the molecule is CCP(=NC(=O)OC)(c1ccccc1)c1ccccc1. The van der Waals surface area contributed by atoms with Crippen molar-refractivity contribution in [2.75, 3.05) is 13.3 Å². The summed E-state index contributed by atoms with van der Waals surface area (Å²) in [7, 11) is -0.737. The molecule has 0 saturated heterocycles. The van der Waals surface area contributed by atoms with Gasteiger partial charge in [0.1, 0.15) is 0 Å². The maximum absolute atomic E-state index is 11.8. The fourth-order valence-electron chi connectivity index (χ4n) is 2.23. The van der Waals surface area contributed by atoms with Crippen LogP contribution in [0.1, 0.15) is 6.92 Å². The third-order valence-electron chi connectivity index (χ3n) is 3.25. The van der Waals surface area contributed by atoms with E-state index in [9.17, 15) is 4.79 Å². The van der Waals surface area contributed by atoms with Crippen LogP contribution in [-0.4, -0.2) is 19.4 Å². The van der Waals surface area contributed by atoms with Crippen LogP contribution in [0.25, 0.3) is 0 Å². The zero-order valence-electron chi connectivity index (χ0n) is 11.7. The van der Waals surface area contributed by atoms with E-state index < -0.39 is 13.1 Å². The van der Waals surface area contributed by atoms with Gasteiger partial charge in [0.2, 0.25) is 0 Å². The summed E-state index contributed by atoms with van der Waals surface area (Å²) in [5.74, 6) is 0. The topological polar surface area (TPSA) is 38.7 Å². The Morgan fingerprint density at radius 3 is 1.80 bits per heavy atom. The average molecular weight is 287 g/mol. The van der Waals surface area contributed by atoms with Crippen LogP contribution < -0.4 is 10.6 Å². The zero-order chi connectivity index (χ0) is 14.4. The minimum atomic E-state index is -2.10. The third kappa shape index (κ3) is 2.83. The van der Waals surface area contributed by atoms with E-state index >= 15 is 0 Å². The number of nitrogens with zero attached hydrogens (tertiary/aromatic N) is 1. The number of rotatable bonds is 3. The van der Waals surface area contributed by atoms with Gasteiger partial charge in [-0.1, -0.05) is 67.6 Å². The molecule has 0 heterocycles. The molecule has 0 N–H and O–H groups in total. The van der Waals surface area contributed by atoms with Gasteiger partial charge in [0, 0.05) is 7.05 Å². The summed E-state index contributed by atoms with van der Waals surface area (Å²) >= 11 is 0. The molecule has 0 aliphatic heterocycles. The lowest BCUT2D eigenvalue weighted by molar-refractivity contribution is 0.183. The molecular formula is C16H18NO2P. The standard InChI is InChI=1S/C16H18NO2P/c1-3-20(17-16(18)19-2,14-10-6-4-7-11-14)15-12-8-5-9-13-15/h4-13H,3H2,1-2H3. The molecule has 0 atom stereocenters. The Morgan fingerprint density at radius 2 is 1.45 bits per heavy atom. The quantitative estimate of drug-likeness (QED) is 0.809. The second kappa shape index (κ2) is 6.53. The van der Waals surface area contributed by atoms with Gasteiger partial charge in [-0.3, -0.25) is 0 Å². The molecule has 104 valence electrons. The summed E-state index contributed by atoms with van der Waals surface area (Å²) in [6.45, 7) is 2.07. The first-order valence-corrected chi connectivity index (χ1v) is 8.46. The first-order valence-electron chi connectivity index (χ1n) is 6.53. The Kier molecular flexibility index (Phi) is 4.75. The van der Waals surface area contributed by atoms with Gasteiger partial charge in [0.05, 0.1) is 7.11 Å². The summed E-state index contributed by atoms with van der Waals surface area (Å²) in [6, 6.07) is 20.0. The van der Waals surface area contributed by atoms with Crippen molar-refractivity contribution in [2.24, 2.45) is 4.74 Å². The van der Waals surface area contributed by atoms with E-state index in [1.165, 1.54) is 7.11 Å². The van der Waals surface area contributed by atoms with Crippen molar-refractivity contribution >= 4 is 23.8 Å². The van der Waals surface area contributed by atoms with Gasteiger partial charge in [0.15, 0.2) is 0 Å². The molecule has 0 fully saturated rings. The highest BCUT2D eigenvalue weighted by Gasteiger charge is 2.24. The van der Waals surface area contributed by atoms with Crippen molar-refractivity contribution in [1.82, 2.24) is 0 Å². The molecule has 0 radical (unpaired) electrons. The molecule has 0 aromatic heterocycles. The molecular weight excluding hydrogens is 269 g/mol. The molecule has 0 aliphatic carbocycles. The molecule has 2 rings (SSSR count). The number of methoxy groups -OCH3 is 1. The van der Waals surface area contributed by atoms with Crippen LogP contribution in [0.4, 0.5) is 4.79 Å². The van der Waals surface area contributed by atoms with Crippen LogP contribution in [0.3, 0.4) is 0 Å². The van der Waals surface area contributed by atoms with E-state index in [0.717, 1.165) is 16.8 Å². The summed E-state index contributed by atoms with van der Waals surface area (Å²) in [6.07, 6.45) is 0.281. The highest BCUT2D eigenvalue weighted by Crippen LogP contribution is 2.47. The second-order valence-electron chi connectivity index (χ2n) is 4.33. The molecule has 0 saturated carbocycles. The van der Waals surface area contributed by atoms with E-state index in [-0.39, 0.29) is 0 Å². The van der Waals surface area contributed by atoms with E-state index in [0.29, 0.717) is 0 Å². The Balaban J connectivity index is 2.72. The largest absolute Gasteiger partial charge is 0.451 e. The van der Waals surface area contributed by atoms with Gasteiger partial charge in [0.25, 0.3) is 0 Å². The summed E-state index contributed by atoms with van der Waals surface area (Å²) in [4.78, 5) is 11.8. The van der Waals surface area contributed by atoms with Crippen LogP contribution in [0.15, 0.2) is 65.4 Å². The number of ether oxygens (including phenoxy) is 1. The highest BCUT2D eigenvalue weighted by molar-refractivity contribution is 7.81. The van der Waals surface area contributed by atoms with Crippen molar-refractivity contribution in [3.8, 4) is 0 Å². The minimum absolute atomic E-state index is 0.507. The van der Waals surface area contributed by atoms with Crippen molar-refractivity contribution in [3.05, 3.63) is 60.7 Å². The zero-order valence-corrected chi connectivity index (χ0v) is 12.6. The molecule has 0 spiro atoms. The van der Waals surface area contributed by atoms with Gasteiger partial charge in [-0.2, -0.15) is 4.74 Å². The van der Waals surface area contributed by atoms with Gasteiger partial charge >= 0.3 is 6.09 Å². The van der Waals surface area contributed by atoms with Crippen LogP contribution in [-0.2, 0) is 4.74 Å². The molecule has 2 aromatic rings. The minimum Gasteiger partial charge on any atom is -0.451 e. The highest BCUT2D eigenvalue weighted by atomic mass is 31.2. The molecule has 0 unspecified atom stereocenters. The molecule has 4 heteroatoms. The number of carbonyl (C=O) groups is 1. The summed E-state index contributed by atoms with van der Waals surface area (Å²) in [5.41, 5.74) is 0. The first kappa shape index (κ1) is 14.5. The Hall–Kier alpha value is -1.86. The van der Waals surface area contributed by atoms with E-state index in [1.54, 1.807) is 0 Å². The molecule has 3 nitrogen and oxygen atoms in total. The monoisotopic (exact) mass is 287 g/mol. The average Bonchev–Trinajstić information content (AvgIpc) is 2.54. The van der Waals surface area contributed by atoms with Crippen LogP contribution in [0, 0.1) is 0 Å². The number of hydrogen-bond donors (Lipinski definition) is 0. The number of benzene rings is 2. The maximum Gasteiger partial charge on any atom is 0.432 e. The van der Waals surface area contributed by atoms with Gasteiger partial charge in [-0.25, -0.2) is 4.79 Å². The molecule has 0 bridgehead atoms. The maximum atomic E-state index is 11.8. The van der Waals surface area contributed by atoms with Crippen molar-refractivity contribution in [1.29, 1.82) is 0 Å². The Morgan fingerprint density at radius 1 is 1.00 bits per heavy atom. The van der Waals surface area contributed by atoms with Crippen molar-refractivity contribution in [3.63, 3.8) is 0 Å². The lowest BCUT2D eigenvalue weighted by atomic mass is 10.4. The fraction of sp³-hybridized carbons (Fsp3) is 0.188. The third-order valence-corrected chi connectivity index (χ3v) is 6.98. The first-order chi connectivity index (χ1) is 9.73. The second-order valence-corrected chi connectivity index (χ2v) is 7.73.